The standard InChI is InChI=1S/C18H22N2O/c1-2-15-8-6-12-20(15)18(21)11-5-7-14-13-19-17-10-4-3-9-16(14)17/h3-4,6,8-10,13,15,19H,2,5,7,11-12H2,1H3. The normalized spacial score (nSPS) is 17.8. The predicted octanol–water partition coefficient (Wildman–Crippen LogP) is 3.67. The largest absolute Gasteiger partial charge is 0.361 e. The monoisotopic (exact) mass is 282 g/mol. The van der Waals surface area contributed by atoms with Gasteiger partial charge in [-0.3, -0.25) is 4.79 Å². The van der Waals surface area contributed by atoms with Crippen molar-refractivity contribution in [1.82, 2.24) is 9.88 Å². The Morgan fingerprint density at radius 1 is 1.38 bits per heavy atom. The van der Waals surface area contributed by atoms with Gasteiger partial charge in [-0.05, 0) is 30.9 Å². The number of amides is 1. The third-order valence-corrected chi connectivity index (χ3v) is 4.31. The molecule has 0 saturated heterocycles. The number of H-pyrrole nitrogens is 1. The smallest absolute Gasteiger partial charge is 0.223 e. The number of aromatic amines is 1. The molecule has 1 amide bonds. The number of fused-ring (bicyclic) bond motifs is 1. The van der Waals surface area contributed by atoms with Gasteiger partial charge in [0.25, 0.3) is 0 Å². The van der Waals surface area contributed by atoms with E-state index < -0.39 is 0 Å². The minimum atomic E-state index is 0.284. The summed E-state index contributed by atoms with van der Waals surface area (Å²) in [5.41, 5.74) is 2.48. The van der Waals surface area contributed by atoms with Crippen LogP contribution < -0.4 is 0 Å². The predicted molar refractivity (Wildman–Crippen MR) is 86.2 cm³/mol. The van der Waals surface area contributed by atoms with Crippen LogP contribution in [0.5, 0.6) is 0 Å². The summed E-state index contributed by atoms with van der Waals surface area (Å²) in [7, 11) is 0. The second kappa shape index (κ2) is 6.17. The highest BCUT2D eigenvalue weighted by Gasteiger charge is 2.22. The van der Waals surface area contributed by atoms with Gasteiger partial charge in [-0.1, -0.05) is 37.3 Å². The summed E-state index contributed by atoms with van der Waals surface area (Å²) in [4.78, 5) is 17.6. The second-order valence-corrected chi connectivity index (χ2v) is 5.66. The van der Waals surface area contributed by atoms with Crippen LogP contribution in [0.1, 0.15) is 31.7 Å². The van der Waals surface area contributed by atoms with E-state index in [-0.39, 0.29) is 5.91 Å². The molecule has 0 radical (unpaired) electrons. The van der Waals surface area contributed by atoms with Crippen LogP contribution in [-0.4, -0.2) is 28.4 Å². The fourth-order valence-corrected chi connectivity index (χ4v) is 3.13. The maximum atomic E-state index is 12.3. The first-order valence-electron chi connectivity index (χ1n) is 7.80. The quantitative estimate of drug-likeness (QED) is 0.835. The first-order chi connectivity index (χ1) is 10.3. The Morgan fingerprint density at radius 3 is 3.10 bits per heavy atom. The van der Waals surface area contributed by atoms with E-state index in [2.05, 4.69) is 48.5 Å². The molecule has 2 heterocycles. The van der Waals surface area contributed by atoms with E-state index in [4.69, 9.17) is 0 Å². The Hall–Kier alpha value is -2.03. The first-order valence-corrected chi connectivity index (χ1v) is 7.80. The third-order valence-electron chi connectivity index (χ3n) is 4.31. The maximum absolute atomic E-state index is 12.3. The molecule has 110 valence electrons. The van der Waals surface area contributed by atoms with Crippen LogP contribution in [-0.2, 0) is 11.2 Å². The molecule has 0 spiro atoms. The Labute approximate surface area is 125 Å². The van der Waals surface area contributed by atoms with Gasteiger partial charge >= 0.3 is 0 Å². The number of hydrogen-bond donors (Lipinski definition) is 1. The lowest BCUT2D eigenvalue weighted by molar-refractivity contribution is -0.131. The molecule has 3 rings (SSSR count). The average molecular weight is 282 g/mol. The van der Waals surface area contributed by atoms with E-state index in [1.54, 1.807) is 0 Å². The molecule has 1 unspecified atom stereocenters. The van der Waals surface area contributed by atoms with Crippen LogP contribution in [0.3, 0.4) is 0 Å². The van der Waals surface area contributed by atoms with E-state index in [0.29, 0.717) is 12.5 Å². The van der Waals surface area contributed by atoms with Crippen molar-refractivity contribution in [1.29, 1.82) is 0 Å². The molecule has 1 aliphatic rings. The minimum absolute atomic E-state index is 0.284. The van der Waals surface area contributed by atoms with Gasteiger partial charge in [-0.25, -0.2) is 0 Å². The number of nitrogens with zero attached hydrogens (tertiary/aromatic N) is 1. The van der Waals surface area contributed by atoms with Crippen LogP contribution >= 0.6 is 0 Å². The molecule has 0 bridgehead atoms. The number of nitrogens with one attached hydrogen (secondary N) is 1. The van der Waals surface area contributed by atoms with Crippen LogP contribution in [0.4, 0.5) is 0 Å². The Morgan fingerprint density at radius 2 is 2.24 bits per heavy atom. The SMILES string of the molecule is CCC1C=CCN1C(=O)CCCc1c[nH]c2ccccc12. The molecule has 1 N–H and O–H groups in total. The zero-order valence-electron chi connectivity index (χ0n) is 12.5. The summed E-state index contributed by atoms with van der Waals surface area (Å²) < 4.78 is 0. The zero-order chi connectivity index (χ0) is 14.7. The van der Waals surface area contributed by atoms with Crippen molar-refractivity contribution in [2.24, 2.45) is 0 Å². The number of aromatic nitrogens is 1. The van der Waals surface area contributed by atoms with Crippen molar-refractivity contribution in [3.05, 3.63) is 48.2 Å². The van der Waals surface area contributed by atoms with Crippen molar-refractivity contribution < 1.29 is 4.79 Å². The number of carbonyl (C=O) groups excluding carboxylic acids is 1. The lowest BCUT2D eigenvalue weighted by Crippen LogP contribution is -2.35. The van der Waals surface area contributed by atoms with Gasteiger partial charge in [0.15, 0.2) is 0 Å². The number of hydrogen-bond acceptors (Lipinski definition) is 1. The fraction of sp³-hybridized carbons (Fsp3) is 0.389. The summed E-state index contributed by atoms with van der Waals surface area (Å²) in [5, 5.41) is 1.28. The van der Waals surface area contributed by atoms with E-state index in [0.717, 1.165) is 25.8 Å². The Bertz CT molecular complexity index is 656. The maximum Gasteiger partial charge on any atom is 0.223 e. The van der Waals surface area contributed by atoms with Crippen LogP contribution in [0.25, 0.3) is 10.9 Å². The van der Waals surface area contributed by atoms with Crippen LogP contribution in [0.15, 0.2) is 42.6 Å². The highest BCUT2D eigenvalue weighted by Crippen LogP contribution is 2.20. The van der Waals surface area contributed by atoms with Crippen LogP contribution in [0, 0.1) is 0 Å². The Kier molecular flexibility index (Phi) is 4.09. The molecule has 0 aliphatic carbocycles. The van der Waals surface area contributed by atoms with Gasteiger partial charge < -0.3 is 9.88 Å². The molecule has 1 atom stereocenters. The molecule has 2 aromatic rings. The van der Waals surface area contributed by atoms with Crippen molar-refractivity contribution in [3.8, 4) is 0 Å². The number of aryl methyl sites for hydroxylation is 1. The number of rotatable bonds is 5. The molecular formula is C18H22N2O. The van der Waals surface area contributed by atoms with Crippen molar-refractivity contribution >= 4 is 16.8 Å². The topological polar surface area (TPSA) is 36.1 Å². The first kappa shape index (κ1) is 13.9. The van der Waals surface area contributed by atoms with E-state index in [1.807, 2.05) is 11.0 Å². The number of para-hydroxylation sites is 1. The fourth-order valence-electron chi connectivity index (χ4n) is 3.13. The molecule has 21 heavy (non-hydrogen) atoms. The van der Waals surface area contributed by atoms with Gasteiger partial charge in [0.2, 0.25) is 5.91 Å². The average Bonchev–Trinajstić information content (AvgIpc) is 3.14. The van der Waals surface area contributed by atoms with Crippen molar-refractivity contribution in [3.63, 3.8) is 0 Å². The van der Waals surface area contributed by atoms with Crippen molar-refractivity contribution in [2.75, 3.05) is 6.54 Å². The van der Waals surface area contributed by atoms with Gasteiger partial charge in [0, 0.05) is 30.1 Å². The number of carbonyl (C=O) groups is 1. The highest BCUT2D eigenvalue weighted by molar-refractivity contribution is 5.83. The zero-order valence-corrected chi connectivity index (χ0v) is 12.5. The van der Waals surface area contributed by atoms with Crippen molar-refractivity contribution in [2.45, 2.75) is 38.6 Å². The molecule has 1 aromatic carbocycles. The second-order valence-electron chi connectivity index (χ2n) is 5.66. The molecule has 3 nitrogen and oxygen atoms in total. The highest BCUT2D eigenvalue weighted by atomic mass is 16.2. The van der Waals surface area contributed by atoms with Gasteiger partial charge in [0.05, 0.1) is 6.04 Å². The summed E-state index contributed by atoms with van der Waals surface area (Å²) in [5.74, 6) is 0.284. The van der Waals surface area contributed by atoms with Gasteiger partial charge in [0.1, 0.15) is 0 Å². The molecule has 1 aliphatic heterocycles. The summed E-state index contributed by atoms with van der Waals surface area (Å²) >= 11 is 0. The lowest BCUT2D eigenvalue weighted by atomic mass is 10.1. The van der Waals surface area contributed by atoms with E-state index in [1.165, 1.54) is 16.5 Å². The summed E-state index contributed by atoms with van der Waals surface area (Å²) in [6, 6.07) is 8.64. The third kappa shape index (κ3) is 2.87. The molecule has 1 aromatic heterocycles. The minimum Gasteiger partial charge on any atom is -0.361 e. The molecular weight excluding hydrogens is 260 g/mol. The van der Waals surface area contributed by atoms with Crippen LogP contribution in [0.2, 0.25) is 0 Å². The summed E-state index contributed by atoms with van der Waals surface area (Å²) in [6.45, 7) is 2.91. The van der Waals surface area contributed by atoms with E-state index in [9.17, 15) is 4.79 Å². The lowest BCUT2D eigenvalue weighted by Gasteiger charge is -2.23. The van der Waals surface area contributed by atoms with Gasteiger partial charge in [-0.2, -0.15) is 0 Å². The van der Waals surface area contributed by atoms with E-state index >= 15 is 0 Å². The Balaban J connectivity index is 1.55. The summed E-state index contributed by atoms with van der Waals surface area (Å²) in [6.07, 6.45) is 9.83. The molecule has 0 saturated carbocycles. The molecule has 0 fully saturated rings. The number of benzene rings is 1. The van der Waals surface area contributed by atoms with Gasteiger partial charge in [-0.15, -0.1) is 0 Å². The molecule has 3 heteroatoms.